The fraction of sp³-hybridized carbons (Fsp3) is 0.615. The van der Waals surface area contributed by atoms with Gasteiger partial charge in [-0.2, -0.15) is 0 Å². The molecule has 1 aromatic rings. The number of nitrogens with zero attached hydrogens (tertiary/aromatic N) is 2. The molecule has 0 aliphatic carbocycles. The summed E-state index contributed by atoms with van der Waals surface area (Å²) < 4.78 is 0. The molecular formula is C13H21N3. The highest BCUT2D eigenvalue weighted by atomic mass is 15.1. The van der Waals surface area contributed by atoms with Crippen LogP contribution in [0.5, 0.6) is 0 Å². The number of rotatable bonds is 3. The first-order chi connectivity index (χ1) is 7.75. The zero-order valence-electron chi connectivity index (χ0n) is 9.97. The van der Waals surface area contributed by atoms with Gasteiger partial charge >= 0.3 is 0 Å². The van der Waals surface area contributed by atoms with Gasteiger partial charge in [-0.05, 0) is 31.0 Å². The lowest BCUT2D eigenvalue weighted by atomic mass is 9.94. The van der Waals surface area contributed by atoms with E-state index in [9.17, 15) is 0 Å². The Morgan fingerprint density at radius 3 is 3.06 bits per heavy atom. The van der Waals surface area contributed by atoms with Crippen LogP contribution in [0.15, 0.2) is 24.4 Å². The van der Waals surface area contributed by atoms with Crippen molar-refractivity contribution in [2.45, 2.75) is 25.8 Å². The Hall–Kier alpha value is -0.930. The van der Waals surface area contributed by atoms with E-state index >= 15 is 0 Å². The second kappa shape index (κ2) is 5.41. The van der Waals surface area contributed by atoms with Gasteiger partial charge in [0.15, 0.2) is 0 Å². The SMILES string of the molecule is CC1CCN(CCc2ccccn2)CC1N. The molecule has 1 fully saturated rings. The molecule has 2 heterocycles. The average Bonchev–Trinajstić information content (AvgIpc) is 2.32. The van der Waals surface area contributed by atoms with E-state index in [-0.39, 0.29) is 0 Å². The Balaban J connectivity index is 1.79. The van der Waals surface area contributed by atoms with Crippen LogP contribution in [0.2, 0.25) is 0 Å². The molecule has 2 atom stereocenters. The molecule has 0 saturated carbocycles. The van der Waals surface area contributed by atoms with Crippen molar-refractivity contribution in [2.75, 3.05) is 19.6 Å². The number of pyridine rings is 1. The molecule has 1 aliphatic heterocycles. The minimum Gasteiger partial charge on any atom is -0.326 e. The standard InChI is InChI=1S/C13H21N3/c1-11-5-8-16(10-13(11)14)9-6-12-4-2-3-7-15-12/h2-4,7,11,13H,5-6,8-10,14H2,1H3. The van der Waals surface area contributed by atoms with Gasteiger partial charge in [-0.1, -0.05) is 13.0 Å². The van der Waals surface area contributed by atoms with Gasteiger partial charge in [0.2, 0.25) is 0 Å². The number of hydrogen-bond acceptors (Lipinski definition) is 3. The van der Waals surface area contributed by atoms with E-state index in [4.69, 9.17) is 5.73 Å². The van der Waals surface area contributed by atoms with Crippen molar-refractivity contribution in [2.24, 2.45) is 11.7 Å². The van der Waals surface area contributed by atoms with Crippen molar-refractivity contribution < 1.29 is 0 Å². The summed E-state index contributed by atoms with van der Waals surface area (Å²) in [5.41, 5.74) is 7.26. The van der Waals surface area contributed by atoms with E-state index in [0.29, 0.717) is 12.0 Å². The van der Waals surface area contributed by atoms with Gasteiger partial charge in [0, 0.05) is 37.4 Å². The lowest BCUT2D eigenvalue weighted by Crippen LogP contribution is -2.48. The maximum atomic E-state index is 6.08. The summed E-state index contributed by atoms with van der Waals surface area (Å²) in [6.07, 6.45) is 4.12. The van der Waals surface area contributed by atoms with Crippen LogP contribution in [0, 0.1) is 5.92 Å². The Kier molecular flexibility index (Phi) is 3.91. The molecule has 1 aromatic heterocycles. The van der Waals surface area contributed by atoms with Gasteiger partial charge in [-0.3, -0.25) is 4.98 Å². The number of hydrogen-bond donors (Lipinski definition) is 1. The maximum absolute atomic E-state index is 6.08. The van der Waals surface area contributed by atoms with Crippen molar-refractivity contribution in [1.29, 1.82) is 0 Å². The van der Waals surface area contributed by atoms with Crippen LogP contribution < -0.4 is 5.73 Å². The Bertz CT molecular complexity index is 312. The third-order valence-electron chi connectivity index (χ3n) is 3.51. The second-order valence-corrected chi connectivity index (χ2v) is 4.80. The van der Waals surface area contributed by atoms with Crippen LogP contribution in [0.4, 0.5) is 0 Å². The molecular weight excluding hydrogens is 198 g/mol. The highest BCUT2D eigenvalue weighted by Gasteiger charge is 2.22. The molecule has 0 aromatic carbocycles. The summed E-state index contributed by atoms with van der Waals surface area (Å²) in [4.78, 5) is 6.80. The van der Waals surface area contributed by atoms with Gasteiger partial charge < -0.3 is 10.6 Å². The fourth-order valence-corrected chi connectivity index (χ4v) is 2.19. The zero-order valence-corrected chi connectivity index (χ0v) is 9.97. The summed E-state index contributed by atoms with van der Waals surface area (Å²) in [5.74, 6) is 0.672. The monoisotopic (exact) mass is 219 g/mol. The smallest absolute Gasteiger partial charge is 0.0416 e. The first-order valence-electron chi connectivity index (χ1n) is 6.13. The van der Waals surface area contributed by atoms with Crippen LogP contribution in [0.1, 0.15) is 19.0 Å². The molecule has 0 bridgehead atoms. The summed E-state index contributed by atoms with van der Waals surface area (Å²) >= 11 is 0. The molecule has 1 saturated heterocycles. The van der Waals surface area contributed by atoms with E-state index in [2.05, 4.69) is 22.9 Å². The molecule has 2 N–H and O–H groups in total. The van der Waals surface area contributed by atoms with Crippen LogP contribution >= 0.6 is 0 Å². The first-order valence-corrected chi connectivity index (χ1v) is 6.13. The third-order valence-corrected chi connectivity index (χ3v) is 3.51. The summed E-state index contributed by atoms with van der Waals surface area (Å²) in [6.45, 7) is 5.55. The third kappa shape index (κ3) is 3.03. The Labute approximate surface area is 97.7 Å². The quantitative estimate of drug-likeness (QED) is 0.833. The number of aromatic nitrogens is 1. The molecule has 1 aliphatic rings. The lowest BCUT2D eigenvalue weighted by Gasteiger charge is -2.34. The minimum atomic E-state index is 0.345. The van der Waals surface area contributed by atoms with E-state index in [1.165, 1.54) is 18.7 Å². The Morgan fingerprint density at radius 2 is 2.38 bits per heavy atom. The number of nitrogens with two attached hydrogens (primary N) is 1. The van der Waals surface area contributed by atoms with Crippen molar-refractivity contribution in [3.05, 3.63) is 30.1 Å². The number of likely N-dealkylation sites (tertiary alicyclic amines) is 1. The molecule has 0 spiro atoms. The summed E-state index contributed by atoms with van der Waals surface area (Å²) in [7, 11) is 0. The highest BCUT2D eigenvalue weighted by molar-refractivity contribution is 5.03. The topological polar surface area (TPSA) is 42.2 Å². The summed E-state index contributed by atoms with van der Waals surface area (Å²) in [6, 6.07) is 6.44. The summed E-state index contributed by atoms with van der Waals surface area (Å²) in [5, 5.41) is 0. The predicted octanol–water partition coefficient (Wildman–Crippen LogP) is 1.29. The van der Waals surface area contributed by atoms with Gasteiger partial charge in [0.25, 0.3) is 0 Å². The van der Waals surface area contributed by atoms with Crippen molar-refractivity contribution >= 4 is 0 Å². The van der Waals surface area contributed by atoms with E-state index < -0.39 is 0 Å². The first kappa shape index (κ1) is 11.6. The fourth-order valence-electron chi connectivity index (χ4n) is 2.19. The van der Waals surface area contributed by atoms with E-state index in [1.807, 2.05) is 18.3 Å². The molecule has 16 heavy (non-hydrogen) atoms. The lowest BCUT2D eigenvalue weighted by molar-refractivity contribution is 0.170. The van der Waals surface area contributed by atoms with Crippen LogP contribution in [0.3, 0.4) is 0 Å². The molecule has 88 valence electrons. The molecule has 0 amide bonds. The average molecular weight is 219 g/mol. The van der Waals surface area contributed by atoms with Gasteiger partial charge in [-0.15, -0.1) is 0 Å². The van der Waals surface area contributed by atoms with Crippen LogP contribution in [0.25, 0.3) is 0 Å². The molecule has 3 nitrogen and oxygen atoms in total. The normalized spacial score (nSPS) is 26.9. The van der Waals surface area contributed by atoms with Crippen LogP contribution in [-0.4, -0.2) is 35.6 Å². The number of piperidine rings is 1. The Morgan fingerprint density at radius 1 is 1.50 bits per heavy atom. The largest absolute Gasteiger partial charge is 0.326 e. The highest BCUT2D eigenvalue weighted by Crippen LogP contribution is 2.15. The van der Waals surface area contributed by atoms with Crippen LogP contribution in [-0.2, 0) is 6.42 Å². The van der Waals surface area contributed by atoms with Crippen molar-refractivity contribution in [1.82, 2.24) is 9.88 Å². The minimum absolute atomic E-state index is 0.345. The van der Waals surface area contributed by atoms with Gasteiger partial charge in [0.05, 0.1) is 0 Å². The maximum Gasteiger partial charge on any atom is 0.0416 e. The zero-order chi connectivity index (χ0) is 11.4. The molecule has 2 unspecified atom stereocenters. The van der Waals surface area contributed by atoms with E-state index in [0.717, 1.165) is 19.5 Å². The van der Waals surface area contributed by atoms with Crippen molar-refractivity contribution in [3.63, 3.8) is 0 Å². The second-order valence-electron chi connectivity index (χ2n) is 4.80. The van der Waals surface area contributed by atoms with Gasteiger partial charge in [0.1, 0.15) is 0 Å². The molecule has 3 heteroatoms. The molecule has 2 rings (SSSR count). The molecule has 0 radical (unpaired) electrons. The van der Waals surface area contributed by atoms with Crippen molar-refractivity contribution in [3.8, 4) is 0 Å². The van der Waals surface area contributed by atoms with E-state index in [1.54, 1.807) is 0 Å². The van der Waals surface area contributed by atoms with Gasteiger partial charge in [-0.25, -0.2) is 0 Å². The predicted molar refractivity (Wildman–Crippen MR) is 66.1 cm³/mol.